The lowest BCUT2D eigenvalue weighted by Crippen LogP contribution is -2.29. The molecule has 33 heavy (non-hydrogen) atoms. The van der Waals surface area contributed by atoms with E-state index in [1.807, 2.05) is 67.6 Å². The van der Waals surface area contributed by atoms with Gasteiger partial charge in [0.1, 0.15) is 5.75 Å². The molecule has 2 N–H and O–H groups in total. The van der Waals surface area contributed by atoms with Gasteiger partial charge in [-0.25, -0.2) is 0 Å². The van der Waals surface area contributed by atoms with E-state index < -0.39 is 0 Å². The van der Waals surface area contributed by atoms with Crippen LogP contribution in [-0.2, 0) is 0 Å². The minimum absolute atomic E-state index is 0.139. The van der Waals surface area contributed by atoms with Crippen molar-refractivity contribution in [3.05, 3.63) is 107 Å². The van der Waals surface area contributed by atoms with Crippen LogP contribution in [0.4, 0.5) is 5.69 Å². The molecule has 0 saturated carbocycles. The molecule has 1 aliphatic heterocycles. The predicted molar refractivity (Wildman–Crippen MR) is 136 cm³/mol. The van der Waals surface area contributed by atoms with Crippen LogP contribution < -0.4 is 10.2 Å². The largest absolute Gasteiger partial charge is 0.506 e. The van der Waals surface area contributed by atoms with Crippen molar-refractivity contribution in [2.45, 2.75) is 25.9 Å². The summed E-state index contributed by atoms with van der Waals surface area (Å²) in [6, 6.07) is 22.9. The summed E-state index contributed by atoms with van der Waals surface area (Å²) in [5, 5.41) is 15.3. The quantitative estimate of drug-likeness (QED) is 0.354. The van der Waals surface area contributed by atoms with Gasteiger partial charge >= 0.3 is 0 Å². The number of hydrogen-bond acceptors (Lipinski definition) is 3. The van der Waals surface area contributed by atoms with Gasteiger partial charge in [0.05, 0.1) is 23.5 Å². The number of phenols is 1. The SMILES string of the molecule is Cc1cc([C@H]2[C@@H](c3ccccn3)NC(=S)N2c2ccc(Cl)cc2)c(C)n1-c1ccccc1O. The van der Waals surface area contributed by atoms with E-state index in [9.17, 15) is 5.11 Å². The number of benzene rings is 2. The zero-order valence-electron chi connectivity index (χ0n) is 18.2. The number of aryl methyl sites for hydroxylation is 1. The standard InChI is InChI=1S/C26H23ClN4OS/c1-16-15-20(17(2)30(16)22-8-3-4-9-23(22)32)25-24(21-7-5-6-14-28-21)29-26(33)31(25)19-12-10-18(27)11-13-19/h3-15,24-25,32H,1-2H3,(H,29,33)/t24-,25+/m1/s1. The Hall–Kier alpha value is -3.35. The number of para-hydroxylation sites is 2. The van der Waals surface area contributed by atoms with Crippen LogP contribution in [0.25, 0.3) is 5.69 Å². The lowest BCUT2D eigenvalue weighted by atomic mass is 9.96. The van der Waals surface area contributed by atoms with E-state index in [1.54, 1.807) is 12.3 Å². The van der Waals surface area contributed by atoms with Gasteiger partial charge in [0.15, 0.2) is 5.11 Å². The Bertz CT molecular complexity index is 1320. The molecule has 1 saturated heterocycles. The number of hydrogen-bond donors (Lipinski definition) is 2. The molecule has 0 radical (unpaired) electrons. The Labute approximate surface area is 203 Å². The van der Waals surface area contributed by atoms with Crippen molar-refractivity contribution in [2.75, 3.05) is 4.90 Å². The lowest BCUT2D eigenvalue weighted by Gasteiger charge is -2.28. The number of rotatable bonds is 4. The molecule has 5 nitrogen and oxygen atoms in total. The minimum atomic E-state index is -0.146. The van der Waals surface area contributed by atoms with Crippen LogP contribution in [-0.4, -0.2) is 19.8 Å². The maximum absolute atomic E-state index is 10.5. The van der Waals surface area contributed by atoms with Gasteiger partial charge in [-0.15, -0.1) is 0 Å². The smallest absolute Gasteiger partial charge is 0.174 e. The summed E-state index contributed by atoms with van der Waals surface area (Å²) in [4.78, 5) is 6.75. The fourth-order valence-electron chi connectivity index (χ4n) is 4.66. The maximum atomic E-state index is 10.5. The van der Waals surface area contributed by atoms with Crippen molar-refractivity contribution in [3.63, 3.8) is 0 Å². The zero-order valence-corrected chi connectivity index (χ0v) is 19.8. The van der Waals surface area contributed by atoms with E-state index in [-0.39, 0.29) is 17.8 Å². The molecule has 0 unspecified atom stereocenters. The highest BCUT2D eigenvalue weighted by molar-refractivity contribution is 7.80. The molecule has 2 aromatic carbocycles. The van der Waals surface area contributed by atoms with Crippen LogP contribution in [0.2, 0.25) is 5.02 Å². The van der Waals surface area contributed by atoms with E-state index >= 15 is 0 Å². The van der Waals surface area contributed by atoms with Crippen molar-refractivity contribution < 1.29 is 5.11 Å². The molecule has 2 aromatic heterocycles. The Kier molecular flexibility index (Phi) is 5.56. The second-order valence-electron chi connectivity index (χ2n) is 8.12. The number of aromatic hydroxyl groups is 1. The molecule has 2 atom stereocenters. The summed E-state index contributed by atoms with van der Waals surface area (Å²) >= 11 is 12.0. The average molecular weight is 475 g/mol. The summed E-state index contributed by atoms with van der Waals surface area (Å²) in [5.41, 5.74) is 5.78. The maximum Gasteiger partial charge on any atom is 0.174 e. The second kappa shape index (κ2) is 8.54. The third-order valence-electron chi connectivity index (χ3n) is 6.11. The molecule has 3 heterocycles. The van der Waals surface area contributed by atoms with Crippen molar-refractivity contribution in [1.82, 2.24) is 14.9 Å². The fourth-order valence-corrected chi connectivity index (χ4v) is 5.13. The van der Waals surface area contributed by atoms with E-state index in [1.165, 1.54) is 0 Å². The molecule has 5 rings (SSSR count). The third kappa shape index (κ3) is 3.75. The molecular formula is C26H23ClN4OS. The van der Waals surface area contributed by atoms with E-state index in [4.69, 9.17) is 23.8 Å². The first-order valence-corrected chi connectivity index (χ1v) is 11.5. The Balaban J connectivity index is 1.69. The molecule has 0 spiro atoms. The predicted octanol–water partition coefficient (Wildman–Crippen LogP) is 6.03. The van der Waals surface area contributed by atoms with Gasteiger partial charge in [-0.3, -0.25) is 4.98 Å². The number of phenolic OH excluding ortho intramolecular Hbond substituents is 1. The van der Waals surface area contributed by atoms with Gasteiger partial charge in [-0.05, 0) is 86.2 Å². The highest BCUT2D eigenvalue weighted by atomic mass is 35.5. The summed E-state index contributed by atoms with van der Waals surface area (Å²) < 4.78 is 2.08. The number of halogens is 1. The molecule has 4 aromatic rings. The number of pyridine rings is 1. The molecule has 1 fully saturated rings. The van der Waals surface area contributed by atoms with Crippen LogP contribution in [0.5, 0.6) is 5.75 Å². The summed E-state index contributed by atoms with van der Waals surface area (Å²) in [6.45, 7) is 4.12. The molecule has 0 bridgehead atoms. The number of nitrogens with one attached hydrogen (secondary N) is 1. The van der Waals surface area contributed by atoms with Gasteiger partial charge in [0.2, 0.25) is 0 Å². The molecule has 0 amide bonds. The van der Waals surface area contributed by atoms with Crippen LogP contribution in [0, 0.1) is 13.8 Å². The van der Waals surface area contributed by atoms with Crippen LogP contribution in [0.15, 0.2) is 79.0 Å². The molecule has 0 aliphatic carbocycles. The summed E-state index contributed by atoms with van der Waals surface area (Å²) in [7, 11) is 0. The van der Waals surface area contributed by atoms with Crippen LogP contribution in [0.1, 0.15) is 34.7 Å². The zero-order chi connectivity index (χ0) is 23.1. The highest BCUT2D eigenvalue weighted by Gasteiger charge is 2.42. The van der Waals surface area contributed by atoms with Crippen molar-refractivity contribution in [3.8, 4) is 11.4 Å². The second-order valence-corrected chi connectivity index (χ2v) is 8.95. The Morgan fingerprint density at radius 3 is 2.42 bits per heavy atom. The van der Waals surface area contributed by atoms with Gasteiger partial charge in [0.25, 0.3) is 0 Å². The third-order valence-corrected chi connectivity index (χ3v) is 6.68. The Morgan fingerprint density at radius 2 is 1.73 bits per heavy atom. The van der Waals surface area contributed by atoms with Gasteiger partial charge in [-0.1, -0.05) is 29.8 Å². The lowest BCUT2D eigenvalue weighted by molar-refractivity contribution is 0.471. The van der Waals surface area contributed by atoms with E-state index in [0.29, 0.717) is 10.1 Å². The summed E-state index contributed by atoms with van der Waals surface area (Å²) in [5.74, 6) is 0.238. The van der Waals surface area contributed by atoms with Crippen molar-refractivity contribution in [2.24, 2.45) is 0 Å². The topological polar surface area (TPSA) is 53.3 Å². The molecule has 166 valence electrons. The highest BCUT2D eigenvalue weighted by Crippen LogP contribution is 2.44. The number of thiocarbonyl (C=S) groups is 1. The van der Waals surface area contributed by atoms with E-state index in [0.717, 1.165) is 34.0 Å². The fraction of sp³-hybridized carbons (Fsp3) is 0.154. The minimum Gasteiger partial charge on any atom is -0.506 e. The normalized spacial score (nSPS) is 17.9. The van der Waals surface area contributed by atoms with Crippen molar-refractivity contribution >= 4 is 34.6 Å². The monoisotopic (exact) mass is 474 g/mol. The first-order chi connectivity index (χ1) is 16.0. The molecular weight excluding hydrogens is 452 g/mol. The molecule has 7 heteroatoms. The van der Waals surface area contributed by atoms with Gasteiger partial charge in [-0.2, -0.15) is 0 Å². The first kappa shape index (κ1) is 21.5. The number of nitrogens with zero attached hydrogens (tertiary/aromatic N) is 3. The van der Waals surface area contributed by atoms with Gasteiger partial charge < -0.3 is 19.9 Å². The van der Waals surface area contributed by atoms with E-state index in [2.05, 4.69) is 32.8 Å². The number of aromatic nitrogens is 2. The van der Waals surface area contributed by atoms with Crippen molar-refractivity contribution in [1.29, 1.82) is 0 Å². The first-order valence-electron chi connectivity index (χ1n) is 10.7. The Morgan fingerprint density at radius 1 is 1.00 bits per heavy atom. The van der Waals surface area contributed by atoms with Gasteiger partial charge in [0, 0.05) is 28.3 Å². The number of anilines is 1. The average Bonchev–Trinajstić information content (AvgIpc) is 3.31. The summed E-state index contributed by atoms with van der Waals surface area (Å²) in [6.07, 6.45) is 1.80. The van der Waals surface area contributed by atoms with Crippen LogP contribution in [0.3, 0.4) is 0 Å². The van der Waals surface area contributed by atoms with Crippen LogP contribution >= 0.6 is 23.8 Å². The molecule has 1 aliphatic rings.